The van der Waals surface area contributed by atoms with Gasteiger partial charge in [-0.2, -0.15) is 0 Å². The summed E-state index contributed by atoms with van der Waals surface area (Å²) in [6, 6.07) is 7.84. The predicted octanol–water partition coefficient (Wildman–Crippen LogP) is 4.00. The summed E-state index contributed by atoms with van der Waals surface area (Å²) in [4.78, 5) is 19.4. The molecule has 0 N–H and O–H groups in total. The minimum atomic E-state index is -0.190. The highest BCUT2D eigenvalue weighted by Gasteiger charge is 2.28. The van der Waals surface area contributed by atoms with Crippen molar-refractivity contribution in [3.8, 4) is 17.0 Å². The van der Waals surface area contributed by atoms with Gasteiger partial charge in [0.05, 0.1) is 26.0 Å². The number of rotatable bonds is 4. The Kier molecular flexibility index (Phi) is 5.36. The quantitative estimate of drug-likeness (QED) is 0.802. The van der Waals surface area contributed by atoms with E-state index in [1.807, 2.05) is 46.7 Å². The smallest absolute Gasteiger partial charge is 0.253 e. The Hall–Kier alpha value is -2.44. The van der Waals surface area contributed by atoms with Crippen molar-refractivity contribution in [2.45, 2.75) is 18.9 Å². The lowest BCUT2D eigenvalue weighted by Crippen LogP contribution is -2.42. The van der Waals surface area contributed by atoms with Crippen LogP contribution in [0.3, 0.4) is 0 Å². The second-order valence-corrected chi connectivity index (χ2v) is 7.41. The first-order valence-electron chi connectivity index (χ1n) is 9.12. The van der Waals surface area contributed by atoms with Gasteiger partial charge < -0.3 is 14.4 Å². The summed E-state index contributed by atoms with van der Waals surface area (Å²) in [5.74, 6) is 0.882. The van der Waals surface area contributed by atoms with Gasteiger partial charge in [-0.1, -0.05) is 30.4 Å². The Labute approximate surface area is 162 Å². The molecule has 27 heavy (non-hydrogen) atoms. The molecule has 1 amide bonds. The fourth-order valence-electron chi connectivity index (χ4n) is 3.35. The Morgan fingerprint density at radius 3 is 3.04 bits per heavy atom. The average molecular weight is 382 g/mol. The third kappa shape index (κ3) is 3.82. The first-order chi connectivity index (χ1) is 13.3. The van der Waals surface area contributed by atoms with Crippen LogP contribution < -0.4 is 4.74 Å². The summed E-state index contributed by atoms with van der Waals surface area (Å²) in [5, 5.41) is 2.91. The molecule has 1 aliphatic heterocycles. The van der Waals surface area contributed by atoms with Gasteiger partial charge in [-0.05, 0) is 25.0 Å². The number of thiazole rings is 1. The third-order valence-corrected chi connectivity index (χ3v) is 5.71. The molecule has 6 heteroatoms. The van der Waals surface area contributed by atoms with Gasteiger partial charge in [-0.15, -0.1) is 11.3 Å². The monoisotopic (exact) mass is 382 g/mol. The molecule has 2 heterocycles. The Morgan fingerprint density at radius 1 is 1.33 bits per heavy atom. The van der Waals surface area contributed by atoms with Gasteiger partial charge in [0, 0.05) is 23.1 Å². The first-order valence-corrected chi connectivity index (χ1v) is 10.0. The molecule has 4 rings (SSSR count). The fourth-order valence-corrected chi connectivity index (χ4v) is 4.21. The molecule has 5 nitrogen and oxygen atoms in total. The van der Waals surface area contributed by atoms with Crippen molar-refractivity contribution < 1.29 is 14.3 Å². The van der Waals surface area contributed by atoms with Gasteiger partial charge in [0.25, 0.3) is 5.91 Å². The van der Waals surface area contributed by atoms with E-state index in [2.05, 4.69) is 6.08 Å². The van der Waals surface area contributed by atoms with E-state index in [0.717, 1.165) is 40.4 Å². The zero-order chi connectivity index (χ0) is 18.6. The summed E-state index contributed by atoms with van der Waals surface area (Å²) in [5.41, 5.74) is 2.62. The predicted molar refractivity (Wildman–Crippen MR) is 106 cm³/mol. The number of carbonyl (C=O) groups is 1. The SMILES string of the molecule is COc1ccccc1-c1csc(C2CN(C(=O)C3=CCCC=C3)CCO2)n1. The maximum Gasteiger partial charge on any atom is 0.253 e. The summed E-state index contributed by atoms with van der Waals surface area (Å²) in [6.45, 7) is 1.67. The van der Waals surface area contributed by atoms with Crippen LogP contribution in [0.1, 0.15) is 24.0 Å². The van der Waals surface area contributed by atoms with Crippen LogP contribution in [-0.4, -0.2) is 42.6 Å². The summed E-state index contributed by atoms with van der Waals surface area (Å²) < 4.78 is 11.4. The molecule has 0 bridgehead atoms. The van der Waals surface area contributed by atoms with E-state index >= 15 is 0 Å². The second kappa shape index (κ2) is 8.06. The molecule has 140 valence electrons. The minimum Gasteiger partial charge on any atom is -0.496 e. The van der Waals surface area contributed by atoms with Crippen molar-refractivity contribution in [2.75, 3.05) is 26.8 Å². The number of carbonyl (C=O) groups excluding carboxylic acids is 1. The molecule has 1 aliphatic carbocycles. The lowest BCUT2D eigenvalue weighted by molar-refractivity contribution is -0.134. The molecule has 0 radical (unpaired) electrons. The van der Waals surface area contributed by atoms with E-state index in [1.54, 1.807) is 18.4 Å². The van der Waals surface area contributed by atoms with Crippen LogP contribution in [0.5, 0.6) is 5.75 Å². The molecule has 1 aromatic carbocycles. The molecule has 1 fully saturated rings. The van der Waals surface area contributed by atoms with Crippen molar-refractivity contribution in [1.29, 1.82) is 0 Å². The van der Waals surface area contributed by atoms with Crippen LogP contribution in [0.4, 0.5) is 0 Å². The molecular weight excluding hydrogens is 360 g/mol. The number of allylic oxidation sites excluding steroid dienone is 2. The number of ether oxygens (including phenoxy) is 2. The van der Waals surface area contributed by atoms with Gasteiger partial charge in [0.15, 0.2) is 0 Å². The lowest BCUT2D eigenvalue weighted by Gasteiger charge is -2.32. The number of hydrogen-bond donors (Lipinski definition) is 0. The van der Waals surface area contributed by atoms with E-state index in [9.17, 15) is 4.79 Å². The van der Waals surface area contributed by atoms with E-state index < -0.39 is 0 Å². The largest absolute Gasteiger partial charge is 0.496 e. The number of nitrogens with zero attached hydrogens (tertiary/aromatic N) is 2. The average Bonchev–Trinajstić information content (AvgIpc) is 3.24. The number of aromatic nitrogens is 1. The fraction of sp³-hybridized carbons (Fsp3) is 0.333. The van der Waals surface area contributed by atoms with Crippen LogP contribution >= 0.6 is 11.3 Å². The molecule has 1 aromatic heterocycles. The number of hydrogen-bond acceptors (Lipinski definition) is 5. The van der Waals surface area contributed by atoms with E-state index in [1.165, 1.54) is 0 Å². The van der Waals surface area contributed by atoms with E-state index in [0.29, 0.717) is 19.7 Å². The van der Waals surface area contributed by atoms with Gasteiger partial charge >= 0.3 is 0 Å². The molecule has 1 saturated heterocycles. The molecule has 1 atom stereocenters. The van der Waals surface area contributed by atoms with Crippen LogP contribution in [-0.2, 0) is 9.53 Å². The number of methoxy groups -OCH3 is 1. The van der Waals surface area contributed by atoms with E-state index in [-0.39, 0.29) is 12.0 Å². The van der Waals surface area contributed by atoms with Crippen LogP contribution in [0, 0.1) is 0 Å². The maximum absolute atomic E-state index is 12.8. The maximum atomic E-state index is 12.8. The Morgan fingerprint density at radius 2 is 2.22 bits per heavy atom. The summed E-state index contributed by atoms with van der Waals surface area (Å²) in [6.07, 6.45) is 7.76. The standard InChI is InChI=1S/C21H22N2O3S/c1-25-18-10-6-5-9-16(18)17-14-27-20(22-17)19-13-23(11-12-26-19)21(24)15-7-3-2-4-8-15/h3,5-10,14,19H,2,4,11-13H2,1H3. The van der Waals surface area contributed by atoms with Gasteiger partial charge in [-0.3, -0.25) is 4.79 Å². The van der Waals surface area contributed by atoms with Crippen LogP contribution in [0.25, 0.3) is 11.3 Å². The van der Waals surface area contributed by atoms with Crippen molar-refractivity contribution in [2.24, 2.45) is 0 Å². The minimum absolute atomic E-state index is 0.0840. The number of amides is 1. The molecular formula is C21H22N2O3S. The first kappa shape index (κ1) is 17.9. The molecule has 2 aliphatic rings. The number of para-hydroxylation sites is 1. The molecule has 1 unspecified atom stereocenters. The van der Waals surface area contributed by atoms with E-state index in [4.69, 9.17) is 14.5 Å². The lowest BCUT2D eigenvalue weighted by atomic mass is 10.1. The normalized spacial score (nSPS) is 19.7. The third-order valence-electron chi connectivity index (χ3n) is 4.78. The molecule has 2 aromatic rings. The van der Waals surface area contributed by atoms with Crippen molar-refractivity contribution in [3.63, 3.8) is 0 Å². The number of morpholine rings is 1. The Balaban J connectivity index is 1.51. The Bertz CT molecular complexity index is 887. The second-order valence-electron chi connectivity index (χ2n) is 6.52. The van der Waals surface area contributed by atoms with Crippen molar-refractivity contribution >= 4 is 17.2 Å². The van der Waals surface area contributed by atoms with Gasteiger partial charge in [0.2, 0.25) is 0 Å². The highest BCUT2D eigenvalue weighted by Crippen LogP contribution is 2.34. The summed E-state index contributed by atoms with van der Waals surface area (Å²) in [7, 11) is 1.66. The topological polar surface area (TPSA) is 51.7 Å². The highest BCUT2D eigenvalue weighted by molar-refractivity contribution is 7.10. The van der Waals surface area contributed by atoms with Crippen LogP contribution in [0.15, 0.2) is 53.4 Å². The van der Waals surface area contributed by atoms with Crippen molar-refractivity contribution in [1.82, 2.24) is 9.88 Å². The molecule has 0 saturated carbocycles. The van der Waals surface area contributed by atoms with Gasteiger partial charge in [-0.25, -0.2) is 4.98 Å². The zero-order valence-corrected chi connectivity index (χ0v) is 16.1. The highest BCUT2D eigenvalue weighted by atomic mass is 32.1. The summed E-state index contributed by atoms with van der Waals surface area (Å²) >= 11 is 1.56. The van der Waals surface area contributed by atoms with Crippen LogP contribution in [0.2, 0.25) is 0 Å². The molecule has 0 spiro atoms. The number of benzene rings is 1. The zero-order valence-electron chi connectivity index (χ0n) is 15.3. The van der Waals surface area contributed by atoms with Gasteiger partial charge in [0.1, 0.15) is 16.9 Å². The van der Waals surface area contributed by atoms with Crippen molar-refractivity contribution in [3.05, 3.63) is 58.5 Å².